The molecular weight excluding hydrogens is 330 g/mol. The Morgan fingerprint density at radius 3 is 2.73 bits per heavy atom. The van der Waals surface area contributed by atoms with Crippen molar-refractivity contribution in [1.82, 2.24) is 4.98 Å². The number of pyridine rings is 1. The van der Waals surface area contributed by atoms with Gasteiger partial charge in [0, 0.05) is 17.9 Å². The molecule has 1 aliphatic carbocycles. The molecule has 1 aromatic carbocycles. The van der Waals surface area contributed by atoms with Crippen LogP contribution in [0.5, 0.6) is 0 Å². The van der Waals surface area contributed by atoms with Gasteiger partial charge in [-0.15, -0.1) is 0 Å². The lowest BCUT2D eigenvalue weighted by molar-refractivity contribution is 0.0527. The number of hydrogen-bond donors (Lipinski definition) is 2. The Labute approximate surface area is 153 Å². The fraction of sp³-hybridized carbons (Fsp3) is 0.350. The lowest BCUT2D eigenvalue weighted by Crippen LogP contribution is -2.18. The van der Waals surface area contributed by atoms with Crippen LogP contribution < -0.4 is 10.6 Å². The molecule has 0 unspecified atom stereocenters. The van der Waals surface area contributed by atoms with Gasteiger partial charge in [-0.25, -0.2) is 4.79 Å². The number of nitrogens with one attached hydrogen (secondary N) is 2. The molecule has 2 aromatic rings. The van der Waals surface area contributed by atoms with Gasteiger partial charge in [0.2, 0.25) is 0 Å². The summed E-state index contributed by atoms with van der Waals surface area (Å²) in [7, 11) is 0. The largest absolute Gasteiger partial charge is 0.462 e. The van der Waals surface area contributed by atoms with Gasteiger partial charge in [-0.3, -0.25) is 9.78 Å². The summed E-state index contributed by atoms with van der Waals surface area (Å²) >= 11 is 0. The van der Waals surface area contributed by atoms with Crippen LogP contribution in [0.4, 0.5) is 11.4 Å². The van der Waals surface area contributed by atoms with Crippen molar-refractivity contribution in [3.05, 3.63) is 53.9 Å². The molecule has 26 heavy (non-hydrogen) atoms. The molecule has 1 saturated carbocycles. The van der Waals surface area contributed by atoms with E-state index in [9.17, 15) is 9.59 Å². The topological polar surface area (TPSA) is 80.3 Å². The highest BCUT2D eigenvalue weighted by atomic mass is 16.5. The van der Waals surface area contributed by atoms with E-state index in [4.69, 9.17) is 4.74 Å². The number of amides is 1. The van der Waals surface area contributed by atoms with Crippen molar-refractivity contribution in [3.63, 3.8) is 0 Å². The zero-order valence-electron chi connectivity index (χ0n) is 14.8. The average Bonchev–Trinajstić information content (AvgIpc) is 3.15. The molecule has 1 aliphatic rings. The number of carbonyl (C=O) groups excluding carboxylic acids is 2. The second-order valence-electron chi connectivity index (χ2n) is 6.28. The summed E-state index contributed by atoms with van der Waals surface area (Å²) in [5, 5.41) is 6.21. The van der Waals surface area contributed by atoms with Gasteiger partial charge in [0.15, 0.2) is 0 Å². The molecular formula is C20H23N3O3. The van der Waals surface area contributed by atoms with Gasteiger partial charge in [-0.05, 0) is 44.0 Å². The average molecular weight is 353 g/mol. The Hall–Kier alpha value is -2.89. The van der Waals surface area contributed by atoms with Crippen LogP contribution in [0.15, 0.2) is 42.6 Å². The van der Waals surface area contributed by atoms with Crippen molar-refractivity contribution in [3.8, 4) is 0 Å². The third kappa shape index (κ3) is 4.39. The molecule has 0 bridgehead atoms. The molecule has 1 amide bonds. The molecule has 136 valence electrons. The lowest BCUT2D eigenvalue weighted by atomic mass is 10.1. The number of para-hydroxylation sites is 1. The lowest BCUT2D eigenvalue weighted by Gasteiger charge is -2.14. The number of anilines is 2. The Morgan fingerprint density at radius 2 is 1.96 bits per heavy atom. The molecule has 1 heterocycles. The van der Waals surface area contributed by atoms with E-state index < -0.39 is 5.97 Å². The van der Waals surface area contributed by atoms with Crippen LogP contribution in [0.3, 0.4) is 0 Å². The molecule has 2 N–H and O–H groups in total. The number of rotatable bonds is 6. The van der Waals surface area contributed by atoms with Gasteiger partial charge < -0.3 is 15.4 Å². The molecule has 0 aliphatic heterocycles. The van der Waals surface area contributed by atoms with E-state index in [-0.39, 0.29) is 12.5 Å². The van der Waals surface area contributed by atoms with E-state index in [1.54, 1.807) is 43.5 Å². The van der Waals surface area contributed by atoms with Crippen LogP contribution in [-0.2, 0) is 4.74 Å². The summed E-state index contributed by atoms with van der Waals surface area (Å²) in [6, 6.07) is 10.8. The van der Waals surface area contributed by atoms with Crippen molar-refractivity contribution in [2.75, 3.05) is 17.2 Å². The number of benzene rings is 1. The molecule has 0 spiro atoms. The number of ether oxygens (including phenoxy) is 1. The third-order valence-electron chi connectivity index (χ3n) is 4.39. The molecule has 6 heteroatoms. The van der Waals surface area contributed by atoms with Gasteiger partial charge in [0.1, 0.15) is 5.69 Å². The quantitative estimate of drug-likeness (QED) is 0.771. The van der Waals surface area contributed by atoms with Gasteiger partial charge >= 0.3 is 5.97 Å². The minimum absolute atomic E-state index is 0.275. The van der Waals surface area contributed by atoms with Crippen LogP contribution in [-0.4, -0.2) is 29.5 Å². The van der Waals surface area contributed by atoms with E-state index in [2.05, 4.69) is 15.6 Å². The molecule has 0 atom stereocenters. The maximum atomic E-state index is 12.6. The van der Waals surface area contributed by atoms with Crippen molar-refractivity contribution in [2.45, 2.75) is 38.6 Å². The zero-order chi connectivity index (χ0) is 18.4. The molecule has 1 fully saturated rings. The molecule has 0 saturated heterocycles. The second-order valence-corrected chi connectivity index (χ2v) is 6.28. The normalized spacial score (nSPS) is 14.0. The smallest absolute Gasteiger partial charge is 0.340 e. The maximum Gasteiger partial charge on any atom is 0.340 e. The van der Waals surface area contributed by atoms with E-state index in [1.165, 1.54) is 12.8 Å². The first-order chi connectivity index (χ1) is 12.7. The first-order valence-electron chi connectivity index (χ1n) is 8.97. The van der Waals surface area contributed by atoms with Crippen molar-refractivity contribution in [1.29, 1.82) is 0 Å². The standard InChI is InChI=1S/C20H23N3O3/c1-2-26-20(25)16-9-5-6-10-17(16)23-19(24)18-13-15(11-12-21-18)22-14-7-3-4-8-14/h5-6,9-14H,2-4,7-8H2,1H3,(H,21,22)(H,23,24). The number of nitrogens with zero attached hydrogens (tertiary/aromatic N) is 1. The molecule has 0 radical (unpaired) electrons. The highest BCUT2D eigenvalue weighted by molar-refractivity contribution is 6.07. The summed E-state index contributed by atoms with van der Waals surface area (Å²) in [5.74, 6) is -0.829. The minimum atomic E-state index is -0.465. The summed E-state index contributed by atoms with van der Waals surface area (Å²) in [4.78, 5) is 28.8. The first-order valence-corrected chi connectivity index (χ1v) is 8.97. The molecule has 6 nitrogen and oxygen atoms in total. The fourth-order valence-corrected chi connectivity index (χ4v) is 3.12. The SMILES string of the molecule is CCOC(=O)c1ccccc1NC(=O)c1cc(NC2CCCC2)ccn1. The predicted molar refractivity (Wildman–Crippen MR) is 100 cm³/mol. The first kappa shape index (κ1) is 17.9. The van der Waals surface area contributed by atoms with Crippen LogP contribution in [0.25, 0.3) is 0 Å². The van der Waals surface area contributed by atoms with Crippen LogP contribution in [0.2, 0.25) is 0 Å². The van der Waals surface area contributed by atoms with E-state index in [1.807, 2.05) is 6.07 Å². The fourth-order valence-electron chi connectivity index (χ4n) is 3.12. The highest BCUT2D eigenvalue weighted by Crippen LogP contribution is 2.23. The van der Waals surface area contributed by atoms with Crippen molar-refractivity contribution in [2.24, 2.45) is 0 Å². The van der Waals surface area contributed by atoms with Crippen LogP contribution in [0.1, 0.15) is 53.5 Å². The van der Waals surface area contributed by atoms with Crippen LogP contribution in [0, 0.1) is 0 Å². The monoisotopic (exact) mass is 353 g/mol. The molecule has 3 rings (SSSR count). The number of carbonyl (C=O) groups is 2. The van der Waals surface area contributed by atoms with E-state index in [0.29, 0.717) is 23.0 Å². The number of aromatic nitrogens is 1. The summed E-state index contributed by atoms with van der Waals surface area (Å²) in [5.41, 5.74) is 1.91. The van der Waals surface area contributed by atoms with Crippen LogP contribution >= 0.6 is 0 Å². The predicted octanol–water partition coefficient (Wildman–Crippen LogP) is 3.87. The third-order valence-corrected chi connectivity index (χ3v) is 4.39. The Morgan fingerprint density at radius 1 is 1.19 bits per heavy atom. The van der Waals surface area contributed by atoms with Gasteiger partial charge in [-0.1, -0.05) is 25.0 Å². The van der Waals surface area contributed by atoms with E-state index >= 15 is 0 Å². The minimum Gasteiger partial charge on any atom is -0.462 e. The Bertz CT molecular complexity index is 785. The van der Waals surface area contributed by atoms with Gasteiger partial charge in [0.25, 0.3) is 5.91 Å². The number of esters is 1. The highest BCUT2D eigenvalue weighted by Gasteiger charge is 2.17. The van der Waals surface area contributed by atoms with Gasteiger partial charge in [-0.2, -0.15) is 0 Å². The van der Waals surface area contributed by atoms with Gasteiger partial charge in [0.05, 0.1) is 17.9 Å². The molecule has 1 aromatic heterocycles. The summed E-state index contributed by atoms with van der Waals surface area (Å²) < 4.78 is 5.03. The summed E-state index contributed by atoms with van der Waals surface area (Å²) in [6.07, 6.45) is 6.39. The van der Waals surface area contributed by atoms with E-state index in [0.717, 1.165) is 18.5 Å². The Kier molecular flexibility index (Phi) is 5.84. The summed E-state index contributed by atoms with van der Waals surface area (Å²) in [6.45, 7) is 2.02. The zero-order valence-corrected chi connectivity index (χ0v) is 14.8. The number of hydrogen-bond acceptors (Lipinski definition) is 5. The van der Waals surface area contributed by atoms with Crippen molar-refractivity contribution >= 4 is 23.3 Å². The van der Waals surface area contributed by atoms with Crippen molar-refractivity contribution < 1.29 is 14.3 Å². The second kappa shape index (κ2) is 8.47. The maximum absolute atomic E-state index is 12.6. The Balaban J connectivity index is 1.73.